The Morgan fingerprint density at radius 3 is 2.62 bits per heavy atom. The second-order valence-electron chi connectivity index (χ2n) is 5.70. The van der Waals surface area contributed by atoms with Gasteiger partial charge >= 0.3 is 5.69 Å². The third-order valence-electron chi connectivity index (χ3n) is 4.19. The van der Waals surface area contributed by atoms with Gasteiger partial charge in [0, 0.05) is 19.6 Å². The Labute approximate surface area is 125 Å². The molecule has 2 rings (SSSR count). The van der Waals surface area contributed by atoms with E-state index in [0.717, 1.165) is 13.1 Å². The molecule has 1 N–H and O–H groups in total. The van der Waals surface area contributed by atoms with Gasteiger partial charge in [-0.2, -0.15) is 5.10 Å². The van der Waals surface area contributed by atoms with Crippen LogP contribution in [-0.4, -0.2) is 45.3 Å². The number of rotatable bonds is 6. The van der Waals surface area contributed by atoms with Crippen molar-refractivity contribution in [1.82, 2.24) is 14.7 Å². The Morgan fingerprint density at radius 1 is 1.38 bits per heavy atom. The Bertz CT molecular complexity index is 494. The Balaban J connectivity index is 2.05. The highest BCUT2D eigenvalue weighted by molar-refractivity contribution is 5.59. The van der Waals surface area contributed by atoms with Crippen molar-refractivity contribution in [2.75, 3.05) is 25.0 Å². The average Bonchev–Trinajstić information content (AvgIpc) is 2.81. The zero-order chi connectivity index (χ0) is 15.4. The molecule has 0 amide bonds. The molecule has 2 heterocycles. The fraction of sp³-hybridized carbons (Fsp3) is 0.786. The molecule has 0 radical (unpaired) electrons. The average molecular weight is 295 g/mol. The molecule has 1 aliphatic rings. The second-order valence-corrected chi connectivity index (χ2v) is 5.70. The molecular weight excluding hydrogens is 270 g/mol. The molecule has 1 saturated heterocycles. The third kappa shape index (κ3) is 3.53. The van der Waals surface area contributed by atoms with E-state index in [1.165, 1.54) is 19.3 Å². The minimum Gasteiger partial charge on any atom is -0.363 e. The van der Waals surface area contributed by atoms with Crippen molar-refractivity contribution in [2.45, 2.75) is 45.6 Å². The van der Waals surface area contributed by atoms with Crippen LogP contribution in [0.4, 0.5) is 11.5 Å². The largest absolute Gasteiger partial charge is 0.363 e. The minimum atomic E-state index is -0.334. The first-order valence-electron chi connectivity index (χ1n) is 7.72. The number of anilines is 1. The predicted molar refractivity (Wildman–Crippen MR) is 82.6 cm³/mol. The molecule has 1 fully saturated rings. The minimum absolute atomic E-state index is 0.117. The molecule has 0 saturated carbocycles. The van der Waals surface area contributed by atoms with Gasteiger partial charge in [-0.05, 0) is 39.3 Å². The van der Waals surface area contributed by atoms with Gasteiger partial charge in [-0.15, -0.1) is 0 Å². The van der Waals surface area contributed by atoms with Gasteiger partial charge in [0.25, 0.3) is 0 Å². The predicted octanol–water partition coefficient (Wildman–Crippen LogP) is 2.18. The molecule has 0 aromatic carbocycles. The van der Waals surface area contributed by atoms with E-state index in [9.17, 15) is 10.1 Å². The highest BCUT2D eigenvalue weighted by Crippen LogP contribution is 2.28. The fourth-order valence-corrected chi connectivity index (χ4v) is 2.93. The molecule has 1 aliphatic heterocycles. The van der Waals surface area contributed by atoms with Crippen LogP contribution in [0.1, 0.15) is 38.8 Å². The van der Waals surface area contributed by atoms with Crippen LogP contribution in [0.15, 0.2) is 0 Å². The van der Waals surface area contributed by atoms with E-state index in [2.05, 4.69) is 22.2 Å². The van der Waals surface area contributed by atoms with E-state index in [1.54, 1.807) is 11.7 Å². The summed E-state index contributed by atoms with van der Waals surface area (Å²) in [6, 6.07) is 0.366. The fourth-order valence-electron chi connectivity index (χ4n) is 2.93. The van der Waals surface area contributed by atoms with Crippen LogP contribution >= 0.6 is 0 Å². The molecule has 7 nitrogen and oxygen atoms in total. The van der Waals surface area contributed by atoms with Gasteiger partial charge in [-0.1, -0.05) is 13.3 Å². The van der Waals surface area contributed by atoms with E-state index >= 15 is 0 Å². The number of hydrogen-bond donors (Lipinski definition) is 1. The smallest absolute Gasteiger partial charge is 0.333 e. The summed E-state index contributed by atoms with van der Waals surface area (Å²) in [6.07, 6.45) is 4.36. The number of piperidine rings is 1. The van der Waals surface area contributed by atoms with Gasteiger partial charge in [0.2, 0.25) is 5.82 Å². The maximum absolute atomic E-state index is 11.3. The molecule has 0 aliphatic carbocycles. The van der Waals surface area contributed by atoms with E-state index in [-0.39, 0.29) is 10.6 Å². The summed E-state index contributed by atoms with van der Waals surface area (Å²) in [7, 11) is 1.75. The summed E-state index contributed by atoms with van der Waals surface area (Å²) in [4.78, 5) is 13.4. The third-order valence-corrected chi connectivity index (χ3v) is 4.19. The summed E-state index contributed by atoms with van der Waals surface area (Å²) in [5.41, 5.74) is 0.654. The normalized spacial score (nSPS) is 17.7. The van der Waals surface area contributed by atoms with Gasteiger partial charge in [-0.25, -0.2) is 4.68 Å². The van der Waals surface area contributed by atoms with Gasteiger partial charge in [0.05, 0.1) is 4.92 Å². The van der Waals surface area contributed by atoms with Crippen molar-refractivity contribution in [1.29, 1.82) is 0 Å². The van der Waals surface area contributed by atoms with Crippen molar-refractivity contribution in [3.63, 3.8) is 0 Å². The molecule has 118 valence electrons. The quantitative estimate of drug-likeness (QED) is 0.643. The lowest BCUT2D eigenvalue weighted by molar-refractivity contribution is -0.384. The van der Waals surface area contributed by atoms with Crippen molar-refractivity contribution in [2.24, 2.45) is 7.05 Å². The van der Waals surface area contributed by atoms with Gasteiger partial charge < -0.3 is 5.32 Å². The number of hydrogen-bond acceptors (Lipinski definition) is 5. The Hall–Kier alpha value is -1.63. The Morgan fingerprint density at radius 2 is 2.05 bits per heavy atom. The molecule has 0 bridgehead atoms. The van der Waals surface area contributed by atoms with Crippen molar-refractivity contribution >= 4 is 11.5 Å². The number of nitrogens with one attached hydrogen (secondary N) is 1. The van der Waals surface area contributed by atoms with E-state index in [1.807, 2.05) is 6.92 Å². The van der Waals surface area contributed by atoms with Crippen LogP contribution < -0.4 is 5.32 Å². The lowest BCUT2D eigenvalue weighted by Crippen LogP contribution is -2.41. The summed E-state index contributed by atoms with van der Waals surface area (Å²) >= 11 is 0. The molecule has 0 spiro atoms. The molecule has 1 aromatic heterocycles. The number of aryl methyl sites for hydroxylation is 2. The zero-order valence-corrected chi connectivity index (χ0v) is 13.1. The van der Waals surface area contributed by atoms with Gasteiger partial charge in [0.15, 0.2) is 0 Å². The maximum atomic E-state index is 11.3. The van der Waals surface area contributed by atoms with Crippen LogP contribution in [0.5, 0.6) is 0 Å². The van der Waals surface area contributed by atoms with Crippen molar-refractivity contribution < 1.29 is 4.92 Å². The van der Waals surface area contributed by atoms with Crippen molar-refractivity contribution in [3.05, 3.63) is 15.8 Å². The lowest BCUT2D eigenvalue weighted by atomic mass is 10.1. The number of nitrogens with zero attached hydrogens (tertiary/aromatic N) is 4. The summed E-state index contributed by atoms with van der Waals surface area (Å²) in [6.45, 7) is 6.99. The maximum Gasteiger partial charge on any atom is 0.333 e. The Kier molecular flexibility index (Phi) is 5.17. The first-order chi connectivity index (χ1) is 10.0. The molecule has 7 heteroatoms. The molecule has 21 heavy (non-hydrogen) atoms. The first kappa shape index (κ1) is 15.8. The van der Waals surface area contributed by atoms with Crippen LogP contribution in [0.2, 0.25) is 0 Å². The molecular formula is C14H25N5O2. The SMILES string of the molecule is CCc1nn(C)c(NCC(C)N2CCCCC2)c1[N+](=O)[O-]. The van der Waals surface area contributed by atoms with Gasteiger partial charge in [0.1, 0.15) is 5.69 Å². The summed E-state index contributed by atoms with van der Waals surface area (Å²) in [5.74, 6) is 0.515. The highest BCUT2D eigenvalue weighted by Gasteiger charge is 2.26. The monoisotopic (exact) mass is 295 g/mol. The van der Waals surface area contributed by atoms with E-state index in [0.29, 0.717) is 30.5 Å². The van der Waals surface area contributed by atoms with Crippen molar-refractivity contribution in [3.8, 4) is 0 Å². The molecule has 1 aromatic rings. The highest BCUT2D eigenvalue weighted by atomic mass is 16.6. The number of nitro groups is 1. The topological polar surface area (TPSA) is 76.2 Å². The van der Waals surface area contributed by atoms with Gasteiger partial charge in [-0.3, -0.25) is 15.0 Å². The first-order valence-corrected chi connectivity index (χ1v) is 7.72. The zero-order valence-electron chi connectivity index (χ0n) is 13.1. The van der Waals surface area contributed by atoms with Crippen LogP contribution in [0, 0.1) is 10.1 Å². The number of likely N-dealkylation sites (tertiary alicyclic amines) is 1. The van der Waals surface area contributed by atoms with Crippen LogP contribution in [-0.2, 0) is 13.5 Å². The molecule has 1 atom stereocenters. The van der Waals surface area contributed by atoms with Crippen LogP contribution in [0.3, 0.4) is 0 Å². The second kappa shape index (κ2) is 6.89. The summed E-state index contributed by atoms with van der Waals surface area (Å²) < 4.78 is 1.58. The molecule has 1 unspecified atom stereocenters. The van der Waals surface area contributed by atoms with E-state index < -0.39 is 0 Å². The lowest BCUT2D eigenvalue weighted by Gasteiger charge is -2.32. The summed E-state index contributed by atoms with van der Waals surface area (Å²) in [5, 5.41) is 18.7. The number of aromatic nitrogens is 2. The van der Waals surface area contributed by atoms with E-state index in [4.69, 9.17) is 0 Å². The standard InChI is InChI=1S/C14H25N5O2/c1-4-12-13(19(20)21)14(17(3)16-12)15-10-11(2)18-8-6-5-7-9-18/h11,15H,4-10H2,1-3H3. The van der Waals surface area contributed by atoms with Crippen LogP contribution in [0.25, 0.3) is 0 Å².